The van der Waals surface area contributed by atoms with Gasteiger partial charge in [-0.2, -0.15) is 5.10 Å². The summed E-state index contributed by atoms with van der Waals surface area (Å²) >= 11 is 0. The van der Waals surface area contributed by atoms with Gasteiger partial charge in [0.25, 0.3) is 6.47 Å². The zero-order valence-corrected chi connectivity index (χ0v) is 23.3. The summed E-state index contributed by atoms with van der Waals surface area (Å²) in [5.41, 5.74) is 5.72. The fourth-order valence-corrected chi connectivity index (χ4v) is 5.24. The zero-order chi connectivity index (χ0) is 28.5. The van der Waals surface area contributed by atoms with Crippen LogP contribution in [0.5, 0.6) is 0 Å². The maximum Gasteiger partial charge on any atom is 0.292 e. The van der Waals surface area contributed by atoms with E-state index >= 15 is 0 Å². The van der Waals surface area contributed by atoms with Gasteiger partial charge in [0, 0.05) is 24.0 Å². The van der Waals surface area contributed by atoms with Crippen molar-refractivity contribution in [3.05, 3.63) is 89.9 Å². The van der Waals surface area contributed by atoms with Crippen molar-refractivity contribution in [2.75, 3.05) is 12.0 Å². The Bertz CT molecular complexity index is 1470. The number of rotatable bonds is 7. The number of hydrogen-bond acceptors (Lipinski definition) is 4. The third kappa shape index (κ3) is 7.03. The Morgan fingerprint density at radius 3 is 2.42 bits per heavy atom. The molecule has 1 aliphatic carbocycles. The van der Waals surface area contributed by atoms with Crippen LogP contribution < -0.4 is 4.90 Å². The average molecular weight is 542 g/mol. The minimum Gasteiger partial charge on any atom is -0.471 e. The predicted molar refractivity (Wildman–Crippen MR) is 158 cm³/mol. The standard InChI is InChI=1S/C31H32FN3O.C2H4O2/c1-3-7-23-16-28(32)19-29(17-23)35(31(36)25-8-5-4-6-9-25)21-22-10-12-24(13-11-22)26-14-15-30-27(18-26)20-33-34(30)2;1-4-2-3/h3,7,10-20,25H,4-6,8-9,21H2,1-2H3;2H,1H3/b7-3+;. The van der Waals surface area contributed by atoms with Gasteiger partial charge >= 0.3 is 0 Å². The van der Waals surface area contributed by atoms with E-state index in [1.165, 1.54) is 25.7 Å². The number of carbonyl (C=O) groups excluding carboxylic acids is 2. The second-order valence-corrected chi connectivity index (χ2v) is 10.1. The van der Waals surface area contributed by atoms with Crippen molar-refractivity contribution in [3.8, 4) is 11.1 Å². The molecule has 3 aromatic carbocycles. The SMILES string of the molecule is C/C=C/c1cc(F)cc(N(Cc2ccc(-c3ccc4c(cnn4C)c3)cc2)C(=O)C2CCCCC2)c1.COC=O. The molecule has 0 N–H and O–H groups in total. The van der Waals surface area contributed by atoms with Crippen molar-refractivity contribution >= 4 is 35.0 Å². The lowest BCUT2D eigenvalue weighted by Crippen LogP contribution is -2.36. The maximum absolute atomic E-state index is 14.5. The zero-order valence-electron chi connectivity index (χ0n) is 23.3. The van der Waals surface area contributed by atoms with Crippen molar-refractivity contribution < 1.29 is 18.7 Å². The summed E-state index contributed by atoms with van der Waals surface area (Å²) in [5, 5.41) is 5.44. The van der Waals surface area contributed by atoms with E-state index in [1.807, 2.05) is 43.1 Å². The molecule has 1 aromatic heterocycles. The first kappa shape index (κ1) is 28.7. The Labute approximate surface area is 235 Å². The predicted octanol–water partition coefficient (Wildman–Crippen LogP) is 7.32. The van der Waals surface area contributed by atoms with E-state index in [-0.39, 0.29) is 17.6 Å². The highest BCUT2D eigenvalue weighted by atomic mass is 19.1. The van der Waals surface area contributed by atoms with E-state index in [0.717, 1.165) is 58.8 Å². The molecule has 0 saturated heterocycles. The molecule has 0 atom stereocenters. The third-order valence-corrected chi connectivity index (χ3v) is 7.27. The van der Waals surface area contributed by atoms with Gasteiger partial charge in [-0.1, -0.05) is 61.7 Å². The molecule has 6 nitrogen and oxygen atoms in total. The Morgan fingerprint density at radius 2 is 1.75 bits per heavy atom. The number of aryl methyl sites for hydroxylation is 1. The van der Waals surface area contributed by atoms with Crippen LogP contribution in [0.3, 0.4) is 0 Å². The molecular weight excluding hydrogens is 505 g/mol. The molecular formula is C33H36FN3O3. The first-order valence-electron chi connectivity index (χ1n) is 13.7. The molecule has 1 amide bonds. The monoisotopic (exact) mass is 541 g/mol. The number of amides is 1. The molecule has 0 radical (unpaired) electrons. The van der Waals surface area contributed by atoms with Crippen LogP contribution in [-0.4, -0.2) is 29.3 Å². The van der Waals surface area contributed by atoms with Crippen molar-refractivity contribution in [1.82, 2.24) is 9.78 Å². The molecule has 40 heavy (non-hydrogen) atoms. The molecule has 5 rings (SSSR count). The minimum absolute atomic E-state index is 0.00216. The Balaban J connectivity index is 0.000000867. The Kier molecular flexibility index (Phi) is 9.84. The lowest BCUT2D eigenvalue weighted by Gasteiger charge is -2.30. The lowest BCUT2D eigenvalue weighted by molar-refractivity contribution is -0.126. The van der Waals surface area contributed by atoms with E-state index in [2.05, 4.69) is 52.3 Å². The molecule has 1 aliphatic rings. The summed E-state index contributed by atoms with van der Waals surface area (Å²) in [6.45, 7) is 2.69. The Hall–Kier alpha value is -4.26. The van der Waals surface area contributed by atoms with Crippen LogP contribution in [0.2, 0.25) is 0 Å². The van der Waals surface area contributed by atoms with E-state index < -0.39 is 0 Å². The number of methoxy groups -OCH3 is 1. The third-order valence-electron chi connectivity index (χ3n) is 7.27. The second-order valence-electron chi connectivity index (χ2n) is 10.1. The molecule has 0 aliphatic heterocycles. The highest BCUT2D eigenvalue weighted by molar-refractivity contribution is 5.95. The molecule has 1 heterocycles. The van der Waals surface area contributed by atoms with Crippen LogP contribution in [0, 0.1) is 11.7 Å². The average Bonchev–Trinajstić information content (AvgIpc) is 3.36. The highest BCUT2D eigenvalue weighted by Crippen LogP contribution is 2.31. The lowest BCUT2D eigenvalue weighted by atomic mass is 9.88. The molecule has 7 heteroatoms. The number of benzene rings is 3. The summed E-state index contributed by atoms with van der Waals surface area (Å²) in [4.78, 5) is 24.4. The van der Waals surface area contributed by atoms with Gasteiger partial charge in [0.05, 0.1) is 25.4 Å². The smallest absolute Gasteiger partial charge is 0.292 e. The number of halogens is 1. The van der Waals surface area contributed by atoms with Crippen LogP contribution in [0.15, 0.2) is 72.9 Å². The van der Waals surface area contributed by atoms with E-state index in [4.69, 9.17) is 4.79 Å². The molecule has 0 unspecified atom stereocenters. The van der Waals surface area contributed by atoms with Gasteiger partial charge in [0.2, 0.25) is 5.91 Å². The quantitative estimate of drug-likeness (QED) is 0.230. The van der Waals surface area contributed by atoms with Crippen LogP contribution in [0.1, 0.15) is 50.2 Å². The first-order chi connectivity index (χ1) is 19.4. The van der Waals surface area contributed by atoms with Gasteiger partial charge in [-0.25, -0.2) is 4.39 Å². The van der Waals surface area contributed by atoms with E-state index in [9.17, 15) is 9.18 Å². The fourth-order valence-electron chi connectivity index (χ4n) is 5.24. The normalized spacial score (nSPS) is 13.6. The number of fused-ring (bicyclic) bond motifs is 1. The van der Waals surface area contributed by atoms with E-state index in [0.29, 0.717) is 18.7 Å². The van der Waals surface area contributed by atoms with Gasteiger partial charge < -0.3 is 9.64 Å². The second kappa shape index (κ2) is 13.7. The number of carbonyl (C=O) groups is 2. The number of aromatic nitrogens is 2. The number of allylic oxidation sites excluding steroid dienone is 1. The number of hydrogen-bond donors (Lipinski definition) is 0. The highest BCUT2D eigenvalue weighted by Gasteiger charge is 2.27. The minimum atomic E-state index is -0.330. The maximum atomic E-state index is 14.5. The summed E-state index contributed by atoms with van der Waals surface area (Å²) in [6, 6.07) is 19.5. The summed E-state index contributed by atoms with van der Waals surface area (Å²) < 4.78 is 20.3. The molecule has 208 valence electrons. The van der Waals surface area contributed by atoms with Crippen molar-refractivity contribution in [2.24, 2.45) is 13.0 Å². The van der Waals surface area contributed by atoms with Crippen LogP contribution in [-0.2, 0) is 27.9 Å². The van der Waals surface area contributed by atoms with Crippen LogP contribution >= 0.6 is 0 Å². The topological polar surface area (TPSA) is 64.4 Å². The molecule has 4 aromatic rings. The van der Waals surface area contributed by atoms with Crippen LogP contribution in [0.25, 0.3) is 28.1 Å². The number of ether oxygens (including phenoxy) is 1. The molecule has 0 spiro atoms. The Morgan fingerprint density at radius 1 is 1.05 bits per heavy atom. The number of anilines is 1. The van der Waals surface area contributed by atoms with Gasteiger partial charge in [0.1, 0.15) is 5.82 Å². The van der Waals surface area contributed by atoms with Crippen molar-refractivity contribution in [3.63, 3.8) is 0 Å². The van der Waals surface area contributed by atoms with Crippen molar-refractivity contribution in [1.29, 1.82) is 0 Å². The summed E-state index contributed by atoms with van der Waals surface area (Å²) in [7, 11) is 3.25. The first-order valence-corrected chi connectivity index (χ1v) is 13.7. The van der Waals surface area contributed by atoms with Gasteiger partial charge in [-0.15, -0.1) is 0 Å². The summed E-state index contributed by atoms with van der Waals surface area (Å²) in [6.07, 6.45) is 10.8. The van der Waals surface area contributed by atoms with Gasteiger partial charge in [-0.05, 0) is 72.4 Å². The largest absolute Gasteiger partial charge is 0.471 e. The van der Waals surface area contributed by atoms with Gasteiger partial charge in [0.15, 0.2) is 0 Å². The van der Waals surface area contributed by atoms with Crippen LogP contribution in [0.4, 0.5) is 10.1 Å². The van der Waals surface area contributed by atoms with Crippen molar-refractivity contribution in [2.45, 2.75) is 45.6 Å². The number of nitrogens with zero attached hydrogens (tertiary/aromatic N) is 3. The molecule has 1 fully saturated rings. The van der Waals surface area contributed by atoms with E-state index in [1.54, 1.807) is 4.90 Å². The summed E-state index contributed by atoms with van der Waals surface area (Å²) in [5.74, 6) is -0.237. The fraction of sp³-hybridized carbons (Fsp3) is 0.303. The van der Waals surface area contributed by atoms with Gasteiger partial charge in [-0.3, -0.25) is 14.3 Å². The molecule has 0 bridgehead atoms. The molecule has 1 saturated carbocycles.